The van der Waals surface area contributed by atoms with Crippen molar-refractivity contribution in [1.82, 2.24) is 19.9 Å². The fourth-order valence-electron chi connectivity index (χ4n) is 6.57. The molecule has 0 unspecified atom stereocenters. The molecule has 4 heterocycles. The molecule has 0 aliphatic carbocycles. The van der Waals surface area contributed by atoms with Crippen LogP contribution in [0.2, 0.25) is 0 Å². The van der Waals surface area contributed by atoms with Crippen molar-refractivity contribution in [1.29, 1.82) is 0 Å². The van der Waals surface area contributed by atoms with E-state index in [2.05, 4.69) is 131 Å². The molecule has 0 aliphatic rings. The van der Waals surface area contributed by atoms with Crippen molar-refractivity contribution in [3.8, 4) is 22.3 Å². The maximum atomic E-state index is 4.77. The Balaban J connectivity index is 0. The molecule has 8 nitrogen and oxygen atoms in total. The van der Waals surface area contributed by atoms with Crippen LogP contribution in [-0.2, 0) is 25.7 Å². The van der Waals surface area contributed by atoms with Gasteiger partial charge in [-0.2, -0.15) is 0 Å². The number of rotatable bonds is 18. The Morgan fingerprint density at radius 2 is 0.625 bits per heavy atom. The largest absolute Gasteiger partial charge is 1.00 e. The summed E-state index contributed by atoms with van der Waals surface area (Å²) in [7, 11) is 27.1. The summed E-state index contributed by atoms with van der Waals surface area (Å²) in [6, 6.07) is 12.8. The molecular weight excluding hydrogens is 782 g/mol. The smallest absolute Gasteiger partial charge is 0.0784 e. The Morgan fingerprint density at radius 3 is 0.893 bits per heavy atom. The molecule has 4 rings (SSSR count). The maximum Gasteiger partial charge on any atom is 0.0784 e. The van der Waals surface area contributed by atoms with E-state index < -0.39 is 0 Å². The van der Waals surface area contributed by atoms with Gasteiger partial charge in [-0.05, 0) is 95.5 Å². The molecule has 4 aromatic heterocycles. The summed E-state index contributed by atoms with van der Waals surface area (Å²) in [5.41, 5.74) is 10.5. The van der Waals surface area contributed by atoms with Crippen LogP contribution < -0.4 is 49.6 Å². The first-order valence-corrected chi connectivity index (χ1v) is 19.3. The molecule has 0 radical (unpaired) electrons. The standard InChI is InChI=1S/2C22H36N4.4ClH/c2*1-25(2,3)17-7-9-21-20(19-11-14-23-15-12-19)13-16-24-22(21)10-8-18-26(4,5)6;;;;/h2*11-16H,7-10,17-18H2,1-6H3;4*1H/q2*+2;;;;/p-4. The normalized spacial score (nSPS) is 11.5. The number of halogens is 4. The molecule has 0 aromatic carbocycles. The van der Waals surface area contributed by atoms with Gasteiger partial charge in [0.1, 0.15) is 0 Å². The highest BCUT2D eigenvalue weighted by Gasteiger charge is 2.17. The summed E-state index contributed by atoms with van der Waals surface area (Å²) in [6.07, 6.45) is 20.4. The van der Waals surface area contributed by atoms with Crippen LogP contribution in [-0.4, -0.2) is 149 Å². The van der Waals surface area contributed by atoms with Gasteiger partial charge in [0.2, 0.25) is 0 Å². The molecular formula is C44H72Cl4N8. The van der Waals surface area contributed by atoms with E-state index in [4.69, 9.17) is 9.97 Å². The molecule has 0 N–H and O–H groups in total. The Hall–Kier alpha value is -2.40. The summed E-state index contributed by atoms with van der Waals surface area (Å²) >= 11 is 0. The van der Waals surface area contributed by atoms with Gasteiger partial charge in [0.05, 0.1) is 111 Å². The molecule has 0 saturated carbocycles. The van der Waals surface area contributed by atoms with Crippen LogP contribution in [0, 0.1) is 0 Å². The van der Waals surface area contributed by atoms with Gasteiger partial charge in [-0.3, -0.25) is 19.9 Å². The van der Waals surface area contributed by atoms with Crippen molar-refractivity contribution in [2.45, 2.75) is 51.4 Å². The summed E-state index contributed by atoms with van der Waals surface area (Å²) in [6.45, 7) is 4.67. The molecule has 0 atom stereocenters. The molecule has 0 fully saturated rings. The molecule has 0 amide bonds. The van der Waals surface area contributed by atoms with Gasteiger partial charge in [-0.25, -0.2) is 0 Å². The number of aromatic nitrogens is 4. The van der Waals surface area contributed by atoms with Gasteiger partial charge in [0, 0.05) is 74.3 Å². The highest BCUT2D eigenvalue weighted by atomic mass is 35.5. The van der Waals surface area contributed by atoms with Crippen molar-refractivity contribution in [2.75, 3.05) is 111 Å². The van der Waals surface area contributed by atoms with Crippen LogP contribution >= 0.6 is 0 Å². The Labute approximate surface area is 366 Å². The van der Waals surface area contributed by atoms with Crippen LogP contribution in [0.15, 0.2) is 73.6 Å². The quantitative estimate of drug-likeness (QED) is 0.0942. The Kier molecular flexibility index (Phi) is 25.7. The van der Waals surface area contributed by atoms with Gasteiger partial charge < -0.3 is 67.6 Å². The van der Waals surface area contributed by atoms with Gasteiger partial charge in [0.25, 0.3) is 0 Å². The zero-order chi connectivity index (χ0) is 38.4. The minimum atomic E-state index is 0. The van der Waals surface area contributed by atoms with E-state index in [1.165, 1.54) is 96.6 Å². The van der Waals surface area contributed by atoms with Crippen molar-refractivity contribution >= 4 is 0 Å². The average molecular weight is 855 g/mol. The zero-order valence-corrected chi connectivity index (χ0v) is 39.5. The van der Waals surface area contributed by atoms with E-state index in [1.807, 2.05) is 37.2 Å². The summed E-state index contributed by atoms with van der Waals surface area (Å²) in [4.78, 5) is 17.9. The van der Waals surface area contributed by atoms with E-state index in [0.717, 1.165) is 43.6 Å². The predicted molar refractivity (Wildman–Crippen MR) is 220 cm³/mol. The SMILES string of the molecule is C[N+](C)(C)CCCc1nccc(-c2ccncc2)c1CCC[N+](C)(C)C.C[N+](C)(C)CCCc1nccc(-c2ccncc2)c1CCC[N+](C)(C)C.[Cl-].[Cl-].[Cl-].[Cl-]. The molecule has 0 bridgehead atoms. The third kappa shape index (κ3) is 21.9. The van der Waals surface area contributed by atoms with Crippen LogP contribution in [0.4, 0.5) is 0 Å². The fourth-order valence-corrected chi connectivity index (χ4v) is 6.57. The third-order valence-corrected chi connectivity index (χ3v) is 9.27. The average Bonchev–Trinajstić information content (AvgIpc) is 3.05. The summed E-state index contributed by atoms with van der Waals surface area (Å²) in [5, 5.41) is 0. The number of quaternary nitrogens is 4. The maximum absolute atomic E-state index is 4.77. The summed E-state index contributed by atoms with van der Waals surface area (Å²) < 4.78 is 4.01. The highest BCUT2D eigenvalue weighted by molar-refractivity contribution is 5.68. The lowest BCUT2D eigenvalue weighted by molar-refractivity contribution is -0.870. The van der Waals surface area contributed by atoms with E-state index >= 15 is 0 Å². The number of hydrogen-bond donors (Lipinski definition) is 0. The second-order valence-electron chi connectivity index (χ2n) is 18.5. The fraction of sp³-hybridized carbons (Fsp3) is 0.545. The predicted octanol–water partition coefficient (Wildman–Crippen LogP) is -5.14. The van der Waals surface area contributed by atoms with Crippen LogP contribution in [0.1, 0.15) is 48.2 Å². The van der Waals surface area contributed by atoms with E-state index in [9.17, 15) is 0 Å². The number of pyridine rings is 4. The zero-order valence-electron chi connectivity index (χ0n) is 36.5. The number of hydrogen-bond acceptors (Lipinski definition) is 4. The first-order chi connectivity index (χ1) is 24.3. The van der Waals surface area contributed by atoms with Crippen LogP contribution in [0.3, 0.4) is 0 Å². The number of aryl methyl sites for hydroxylation is 2. The highest BCUT2D eigenvalue weighted by Crippen LogP contribution is 2.28. The molecule has 316 valence electrons. The minimum absolute atomic E-state index is 0. The van der Waals surface area contributed by atoms with Crippen LogP contribution in [0.25, 0.3) is 22.3 Å². The lowest BCUT2D eigenvalue weighted by Crippen LogP contribution is -3.00. The van der Waals surface area contributed by atoms with Gasteiger partial charge in [0.15, 0.2) is 0 Å². The molecule has 0 spiro atoms. The van der Waals surface area contributed by atoms with Crippen LogP contribution in [0.5, 0.6) is 0 Å². The second kappa shape index (κ2) is 25.9. The summed E-state index contributed by atoms with van der Waals surface area (Å²) in [5.74, 6) is 0. The van der Waals surface area contributed by atoms with E-state index in [-0.39, 0.29) is 49.6 Å². The molecule has 0 saturated heterocycles. The first kappa shape index (κ1) is 55.7. The third-order valence-electron chi connectivity index (χ3n) is 9.27. The molecule has 4 aromatic rings. The van der Waals surface area contributed by atoms with Crippen molar-refractivity contribution in [3.05, 3.63) is 96.1 Å². The van der Waals surface area contributed by atoms with Crippen molar-refractivity contribution in [3.63, 3.8) is 0 Å². The van der Waals surface area contributed by atoms with E-state index in [1.54, 1.807) is 0 Å². The lowest BCUT2D eigenvalue weighted by atomic mass is 9.94. The van der Waals surface area contributed by atoms with Crippen molar-refractivity contribution < 1.29 is 67.6 Å². The van der Waals surface area contributed by atoms with E-state index in [0.29, 0.717) is 0 Å². The topological polar surface area (TPSA) is 51.6 Å². The van der Waals surface area contributed by atoms with Gasteiger partial charge in [-0.1, -0.05) is 0 Å². The minimum Gasteiger partial charge on any atom is -1.00 e. The number of nitrogens with zero attached hydrogens (tertiary/aromatic N) is 8. The van der Waals surface area contributed by atoms with Gasteiger partial charge in [-0.15, -0.1) is 0 Å². The Morgan fingerprint density at radius 1 is 0.357 bits per heavy atom. The first-order valence-electron chi connectivity index (χ1n) is 19.3. The van der Waals surface area contributed by atoms with Gasteiger partial charge >= 0.3 is 0 Å². The molecule has 0 aliphatic heterocycles. The van der Waals surface area contributed by atoms with Crippen molar-refractivity contribution in [2.24, 2.45) is 0 Å². The monoisotopic (exact) mass is 852 g/mol. The molecule has 56 heavy (non-hydrogen) atoms. The lowest BCUT2D eigenvalue weighted by Gasteiger charge is -2.25. The second-order valence-corrected chi connectivity index (χ2v) is 18.5. The Bertz CT molecular complexity index is 1510. The molecule has 12 heteroatoms.